The third-order valence-electron chi connectivity index (χ3n) is 9.68. The molecule has 1 aromatic heterocycles. The monoisotopic (exact) mass is 573 g/mol. The topological polar surface area (TPSA) is 94.7 Å². The van der Waals surface area contributed by atoms with Crippen LogP contribution in [0.1, 0.15) is 68.3 Å². The van der Waals surface area contributed by atoms with Gasteiger partial charge in [0.2, 0.25) is 0 Å². The molecule has 1 saturated carbocycles. The first-order chi connectivity index (χ1) is 19.4. The summed E-state index contributed by atoms with van der Waals surface area (Å²) in [6, 6.07) is 10.5. The lowest BCUT2D eigenvalue weighted by Gasteiger charge is -2.37. The van der Waals surface area contributed by atoms with E-state index in [0.29, 0.717) is 43.5 Å². The third kappa shape index (κ3) is 6.87. The number of benzene rings is 1. The Hall–Kier alpha value is -2.69. The Morgan fingerprint density at radius 3 is 2.39 bits per heavy atom. The van der Waals surface area contributed by atoms with Crippen LogP contribution in [0.2, 0.25) is 0 Å². The van der Waals surface area contributed by atoms with Crippen LogP contribution in [0.15, 0.2) is 36.5 Å². The predicted molar refractivity (Wildman–Crippen MR) is 153 cm³/mol. The van der Waals surface area contributed by atoms with Crippen LogP contribution < -0.4 is 11.1 Å². The fourth-order valence-corrected chi connectivity index (χ4v) is 6.89. The van der Waals surface area contributed by atoms with Gasteiger partial charge < -0.3 is 16.2 Å². The molecule has 1 aromatic carbocycles. The highest BCUT2D eigenvalue weighted by Gasteiger charge is 2.44. The second-order valence-corrected chi connectivity index (χ2v) is 12.6. The van der Waals surface area contributed by atoms with E-state index in [4.69, 9.17) is 5.73 Å². The van der Waals surface area contributed by atoms with Gasteiger partial charge in [-0.3, -0.25) is 14.6 Å². The fraction of sp³-hybridized carbons (Fsp3) is 0.613. The quantitative estimate of drug-likeness (QED) is 0.468. The zero-order chi connectivity index (χ0) is 29.4. The number of nitrogens with one attached hydrogen (secondary N) is 1. The summed E-state index contributed by atoms with van der Waals surface area (Å²) in [7, 11) is 0. The molecule has 7 nitrogen and oxygen atoms in total. The van der Waals surface area contributed by atoms with E-state index in [-0.39, 0.29) is 29.3 Å². The number of aliphatic hydroxyl groups is 1. The molecular formula is C31H42F3N5O2. The SMILES string of the molecule is C[C@@H]1CN(C2CCN(CC(F)(F)F)CC2)C[C@@]1(C)c1ccc(-c2cnc(N)c(C(=O)N[C@H]3CC[C@H](O)CC3)c2)cc1. The molecule has 3 fully saturated rings. The summed E-state index contributed by atoms with van der Waals surface area (Å²) in [5.41, 5.74) is 9.34. The molecule has 2 aromatic rings. The van der Waals surface area contributed by atoms with Crippen molar-refractivity contribution >= 4 is 11.7 Å². The maximum absolute atomic E-state index is 13.0. The molecule has 0 spiro atoms. The zero-order valence-corrected chi connectivity index (χ0v) is 24.0. The number of carbonyl (C=O) groups is 1. The van der Waals surface area contributed by atoms with Crippen LogP contribution in [0.4, 0.5) is 19.0 Å². The molecule has 5 rings (SSSR count). The number of amides is 1. The molecule has 4 N–H and O–H groups in total. The van der Waals surface area contributed by atoms with Crippen molar-refractivity contribution in [3.05, 3.63) is 47.7 Å². The van der Waals surface area contributed by atoms with Crippen LogP contribution in [0.3, 0.4) is 0 Å². The number of rotatable bonds is 6. The Bertz CT molecular complexity index is 1210. The summed E-state index contributed by atoms with van der Waals surface area (Å²) in [6.07, 6.45) is 1.63. The number of anilines is 1. The predicted octanol–water partition coefficient (Wildman–Crippen LogP) is 4.60. The maximum Gasteiger partial charge on any atom is 0.401 e. The number of aromatic nitrogens is 1. The van der Waals surface area contributed by atoms with Gasteiger partial charge in [0.25, 0.3) is 5.91 Å². The average molecular weight is 574 g/mol. The number of pyridine rings is 1. The Labute approximate surface area is 240 Å². The van der Waals surface area contributed by atoms with Gasteiger partial charge in [0.1, 0.15) is 5.82 Å². The van der Waals surface area contributed by atoms with Crippen LogP contribution in [0, 0.1) is 5.92 Å². The van der Waals surface area contributed by atoms with Crippen molar-refractivity contribution in [2.75, 3.05) is 38.5 Å². The molecule has 0 radical (unpaired) electrons. The third-order valence-corrected chi connectivity index (χ3v) is 9.68. The van der Waals surface area contributed by atoms with E-state index in [2.05, 4.69) is 53.3 Å². The number of hydrogen-bond donors (Lipinski definition) is 3. The number of alkyl halides is 3. The molecule has 224 valence electrons. The molecule has 2 atom stereocenters. The Morgan fingerprint density at radius 2 is 1.76 bits per heavy atom. The number of nitrogen functional groups attached to an aromatic ring is 1. The maximum atomic E-state index is 13.0. The van der Waals surface area contributed by atoms with Gasteiger partial charge in [0.15, 0.2) is 0 Å². The minimum atomic E-state index is -4.14. The van der Waals surface area contributed by atoms with Crippen molar-refractivity contribution in [3.63, 3.8) is 0 Å². The fourth-order valence-electron chi connectivity index (χ4n) is 6.89. The van der Waals surface area contributed by atoms with Crippen LogP contribution >= 0.6 is 0 Å². The van der Waals surface area contributed by atoms with E-state index in [1.165, 1.54) is 10.5 Å². The van der Waals surface area contributed by atoms with E-state index in [9.17, 15) is 23.1 Å². The van der Waals surface area contributed by atoms with Crippen molar-refractivity contribution in [2.24, 2.45) is 5.92 Å². The Kier molecular flexibility index (Phi) is 8.64. The molecule has 10 heteroatoms. The van der Waals surface area contributed by atoms with Gasteiger partial charge >= 0.3 is 6.18 Å². The van der Waals surface area contributed by atoms with Crippen molar-refractivity contribution < 1.29 is 23.1 Å². The largest absolute Gasteiger partial charge is 0.401 e. The van der Waals surface area contributed by atoms with Gasteiger partial charge in [-0.2, -0.15) is 13.2 Å². The molecule has 0 unspecified atom stereocenters. The molecule has 3 heterocycles. The second-order valence-electron chi connectivity index (χ2n) is 12.6. The number of aliphatic hydroxyl groups excluding tert-OH is 1. The number of nitrogens with zero attached hydrogens (tertiary/aromatic N) is 3. The van der Waals surface area contributed by atoms with Gasteiger partial charge in [-0.05, 0) is 74.7 Å². The highest BCUT2D eigenvalue weighted by Crippen LogP contribution is 2.41. The van der Waals surface area contributed by atoms with Crippen molar-refractivity contribution in [3.8, 4) is 11.1 Å². The van der Waals surface area contributed by atoms with E-state index in [0.717, 1.165) is 49.9 Å². The van der Waals surface area contributed by atoms with E-state index in [1.54, 1.807) is 12.3 Å². The lowest BCUT2D eigenvalue weighted by atomic mass is 9.75. The van der Waals surface area contributed by atoms with Crippen molar-refractivity contribution in [1.29, 1.82) is 0 Å². The summed E-state index contributed by atoms with van der Waals surface area (Å²) < 4.78 is 38.4. The van der Waals surface area contributed by atoms with Crippen molar-refractivity contribution in [2.45, 2.75) is 82.2 Å². The molecule has 41 heavy (non-hydrogen) atoms. The van der Waals surface area contributed by atoms with Crippen molar-refractivity contribution in [1.82, 2.24) is 20.1 Å². The number of halogens is 3. The normalized spacial score (nSPS) is 28.6. The second kappa shape index (κ2) is 11.9. The summed E-state index contributed by atoms with van der Waals surface area (Å²) in [6.45, 7) is 6.50. The smallest absolute Gasteiger partial charge is 0.393 e. The molecule has 2 saturated heterocycles. The zero-order valence-electron chi connectivity index (χ0n) is 24.0. The summed E-state index contributed by atoms with van der Waals surface area (Å²) in [5, 5.41) is 12.8. The van der Waals surface area contributed by atoms with Gasteiger partial charge in [-0.1, -0.05) is 38.1 Å². The highest BCUT2D eigenvalue weighted by molar-refractivity contribution is 5.99. The van der Waals surface area contributed by atoms with E-state index < -0.39 is 12.7 Å². The minimum absolute atomic E-state index is 0.0226. The first kappa shape index (κ1) is 29.8. The standard InChI is InChI=1S/C31H42F3N5O2/c1-20-17-39(25-11-13-38(14-12-25)19-31(32,33)34)18-30(20,2)23-5-3-21(4-6-23)22-15-27(28(35)36-16-22)29(41)37-24-7-9-26(40)10-8-24/h3-6,15-16,20,24-26,40H,7-14,17-19H2,1-2H3,(H2,35,36)(H,37,41)/t20-,24-,26-,30-/m1/s1. The molecule has 2 aliphatic heterocycles. The summed E-state index contributed by atoms with van der Waals surface area (Å²) in [5.74, 6) is 0.345. The molecule has 0 bridgehead atoms. The number of piperidine rings is 1. The number of likely N-dealkylation sites (tertiary alicyclic amines) is 2. The van der Waals surface area contributed by atoms with Crippen LogP contribution in [-0.2, 0) is 5.41 Å². The highest BCUT2D eigenvalue weighted by atomic mass is 19.4. The first-order valence-corrected chi connectivity index (χ1v) is 14.8. The Balaban J connectivity index is 1.23. The Morgan fingerprint density at radius 1 is 1.10 bits per heavy atom. The molecular weight excluding hydrogens is 531 g/mol. The molecule has 3 aliphatic rings. The van der Waals surface area contributed by atoms with E-state index >= 15 is 0 Å². The van der Waals surface area contributed by atoms with Gasteiger partial charge in [0, 0.05) is 42.3 Å². The number of carbonyl (C=O) groups excluding carboxylic acids is 1. The number of hydrogen-bond acceptors (Lipinski definition) is 6. The van der Waals surface area contributed by atoms with Gasteiger partial charge in [-0.15, -0.1) is 0 Å². The minimum Gasteiger partial charge on any atom is -0.393 e. The lowest BCUT2D eigenvalue weighted by molar-refractivity contribution is -0.148. The van der Waals surface area contributed by atoms with E-state index in [1.807, 2.05) is 0 Å². The number of nitrogens with two attached hydrogens (primary N) is 1. The summed E-state index contributed by atoms with van der Waals surface area (Å²) >= 11 is 0. The van der Waals surface area contributed by atoms with Crippen LogP contribution in [0.5, 0.6) is 0 Å². The summed E-state index contributed by atoms with van der Waals surface area (Å²) in [4.78, 5) is 21.3. The molecule has 1 amide bonds. The van der Waals surface area contributed by atoms with Crippen LogP contribution in [-0.4, -0.2) is 82.9 Å². The first-order valence-electron chi connectivity index (χ1n) is 14.8. The average Bonchev–Trinajstić information content (AvgIpc) is 3.25. The van der Waals surface area contributed by atoms with Gasteiger partial charge in [-0.25, -0.2) is 4.98 Å². The lowest BCUT2D eigenvalue weighted by Crippen LogP contribution is -2.47. The molecule has 1 aliphatic carbocycles. The van der Waals surface area contributed by atoms with Gasteiger partial charge in [0.05, 0.1) is 18.2 Å². The van der Waals surface area contributed by atoms with Crippen LogP contribution in [0.25, 0.3) is 11.1 Å².